The van der Waals surface area contributed by atoms with Crippen molar-refractivity contribution in [3.05, 3.63) is 95.6 Å². The largest absolute Gasteiger partial charge is 0.433 e. The zero-order valence-electron chi connectivity index (χ0n) is 16.0. The van der Waals surface area contributed by atoms with Gasteiger partial charge in [-0.1, -0.05) is 36.4 Å². The molecule has 0 aliphatic carbocycles. The Balaban J connectivity index is 1.79. The minimum Gasteiger partial charge on any atom is -0.386 e. The summed E-state index contributed by atoms with van der Waals surface area (Å²) in [5.41, 5.74) is 0.552. The molecule has 2 aromatic heterocycles. The molecule has 3 rings (SSSR count). The molecule has 0 aliphatic heterocycles. The van der Waals surface area contributed by atoms with Gasteiger partial charge in [-0.15, -0.1) is 0 Å². The summed E-state index contributed by atoms with van der Waals surface area (Å²) in [6.07, 6.45) is -1.68. The van der Waals surface area contributed by atoms with Crippen LogP contribution in [0.5, 0.6) is 0 Å². The van der Waals surface area contributed by atoms with E-state index in [1.807, 2.05) is 30.3 Å². The Bertz CT molecular complexity index is 966. The topological polar surface area (TPSA) is 66.3 Å². The smallest absolute Gasteiger partial charge is 0.386 e. The molecule has 8 heteroatoms. The Kier molecular flexibility index (Phi) is 6.79. The van der Waals surface area contributed by atoms with E-state index in [9.17, 15) is 23.1 Å². The third-order valence-corrected chi connectivity index (χ3v) is 4.50. The van der Waals surface area contributed by atoms with Crippen LogP contribution in [-0.2, 0) is 23.9 Å². The Morgan fingerprint density at radius 2 is 1.80 bits per heavy atom. The average Bonchev–Trinajstić information content (AvgIpc) is 2.74. The van der Waals surface area contributed by atoms with Crippen LogP contribution in [0.1, 0.15) is 28.5 Å². The van der Waals surface area contributed by atoms with Gasteiger partial charge in [-0.3, -0.25) is 14.8 Å². The van der Waals surface area contributed by atoms with Crippen molar-refractivity contribution in [3.63, 3.8) is 0 Å². The van der Waals surface area contributed by atoms with Crippen LogP contribution >= 0.6 is 0 Å². The Labute approximate surface area is 171 Å². The predicted octanol–water partition coefficient (Wildman–Crippen LogP) is 3.80. The number of benzene rings is 1. The van der Waals surface area contributed by atoms with Gasteiger partial charge in [0.25, 0.3) is 0 Å². The van der Waals surface area contributed by atoms with Crippen LogP contribution < -0.4 is 0 Å². The summed E-state index contributed by atoms with van der Waals surface area (Å²) in [6, 6.07) is 14.8. The number of aliphatic hydroxyl groups excluding tert-OH is 1. The van der Waals surface area contributed by atoms with Crippen molar-refractivity contribution < 1.29 is 23.1 Å². The molecule has 1 unspecified atom stereocenters. The highest BCUT2D eigenvalue weighted by Gasteiger charge is 2.32. The Hall–Kier alpha value is -3.26. The maximum Gasteiger partial charge on any atom is 0.433 e. The lowest BCUT2D eigenvalue weighted by Gasteiger charge is -2.26. The van der Waals surface area contributed by atoms with Crippen LogP contribution in [0, 0.1) is 0 Å². The first-order chi connectivity index (χ1) is 14.3. The minimum absolute atomic E-state index is 0.0172. The third kappa shape index (κ3) is 5.87. The molecule has 0 saturated heterocycles. The van der Waals surface area contributed by atoms with Crippen LogP contribution in [0.3, 0.4) is 0 Å². The summed E-state index contributed by atoms with van der Waals surface area (Å²) >= 11 is 0. The van der Waals surface area contributed by atoms with E-state index in [1.54, 1.807) is 18.3 Å². The van der Waals surface area contributed by atoms with Gasteiger partial charge in [0, 0.05) is 30.7 Å². The maximum absolute atomic E-state index is 12.9. The number of rotatable bonds is 7. The lowest BCUT2D eigenvalue weighted by Crippen LogP contribution is -2.35. The van der Waals surface area contributed by atoms with Gasteiger partial charge in [0.2, 0.25) is 5.91 Å². The molecule has 5 nitrogen and oxygen atoms in total. The van der Waals surface area contributed by atoms with Crippen molar-refractivity contribution in [1.29, 1.82) is 0 Å². The Morgan fingerprint density at radius 3 is 2.47 bits per heavy atom. The van der Waals surface area contributed by atoms with Gasteiger partial charge >= 0.3 is 6.18 Å². The summed E-state index contributed by atoms with van der Waals surface area (Å²) in [6.45, 7) is 0.199. The lowest BCUT2D eigenvalue weighted by molar-refractivity contribution is -0.141. The average molecular weight is 415 g/mol. The van der Waals surface area contributed by atoms with E-state index in [0.29, 0.717) is 5.56 Å². The second-order valence-electron chi connectivity index (χ2n) is 6.79. The molecule has 156 valence electrons. The van der Waals surface area contributed by atoms with Crippen LogP contribution in [0.2, 0.25) is 0 Å². The molecular formula is C22H20F3N3O2. The number of nitrogens with zero attached hydrogens (tertiary/aromatic N) is 3. The second kappa shape index (κ2) is 9.49. The van der Waals surface area contributed by atoms with Crippen LogP contribution in [0.15, 0.2) is 73.2 Å². The number of hydrogen-bond acceptors (Lipinski definition) is 4. The highest BCUT2D eigenvalue weighted by Crippen LogP contribution is 2.28. The predicted molar refractivity (Wildman–Crippen MR) is 104 cm³/mol. The molecule has 1 N–H and O–H groups in total. The molecule has 1 aromatic carbocycles. The first-order valence-electron chi connectivity index (χ1n) is 9.25. The molecule has 3 aromatic rings. The summed E-state index contributed by atoms with van der Waals surface area (Å²) in [5.74, 6) is -0.402. The van der Waals surface area contributed by atoms with Crippen molar-refractivity contribution in [2.24, 2.45) is 0 Å². The molecule has 0 saturated carbocycles. The van der Waals surface area contributed by atoms with Gasteiger partial charge < -0.3 is 10.0 Å². The van der Waals surface area contributed by atoms with E-state index in [-0.39, 0.29) is 25.1 Å². The number of hydrogen-bond donors (Lipinski definition) is 1. The second-order valence-corrected chi connectivity index (χ2v) is 6.79. The number of pyridine rings is 2. The van der Waals surface area contributed by atoms with E-state index >= 15 is 0 Å². The molecule has 1 atom stereocenters. The summed E-state index contributed by atoms with van der Waals surface area (Å²) < 4.78 is 38.7. The van der Waals surface area contributed by atoms with Gasteiger partial charge in [-0.2, -0.15) is 13.2 Å². The van der Waals surface area contributed by atoms with Crippen molar-refractivity contribution >= 4 is 5.91 Å². The number of halogens is 3. The molecule has 0 radical (unpaired) electrons. The molecule has 0 spiro atoms. The van der Waals surface area contributed by atoms with Gasteiger partial charge in [-0.05, 0) is 29.3 Å². The van der Waals surface area contributed by atoms with Crippen molar-refractivity contribution in [2.75, 3.05) is 6.54 Å². The van der Waals surface area contributed by atoms with Crippen LogP contribution in [-0.4, -0.2) is 32.4 Å². The number of carbonyl (C=O) groups excluding carboxylic acids is 1. The SMILES string of the molecule is O=C(Cc1ccnc(C(F)(F)F)c1)N(Cc1ccccc1)CC(O)c1cccnc1. The molecule has 1 amide bonds. The molecule has 30 heavy (non-hydrogen) atoms. The van der Waals surface area contributed by atoms with Crippen LogP contribution in [0.25, 0.3) is 0 Å². The quantitative estimate of drug-likeness (QED) is 0.638. The number of carbonyl (C=O) groups is 1. The lowest BCUT2D eigenvalue weighted by atomic mass is 10.1. The number of aromatic nitrogens is 2. The molecule has 0 bridgehead atoms. The molecule has 0 fully saturated rings. The van der Waals surface area contributed by atoms with E-state index in [0.717, 1.165) is 17.8 Å². The van der Waals surface area contributed by atoms with Gasteiger partial charge in [0.05, 0.1) is 19.1 Å². The molecular weight excluding hydrogens is 395 g/mol. The van der Waals surface area contributed by atoms with Crippen molar-refractivity contribution in [1.82, 2.24) is 14.9 Å². The number of alkyl halides is 3. The fourth-order valence-electron chi connectivity index (χ4n) is 2.97. The monoisotopic (exact) mass is 415 g/mol. The molecule has 0 aliphatic rings. The van der Waals surface area contributed by atoms with Gasteiger partial charge in [0.15, 0.2) is 0 Å². The summed E-state index contributed by atoms with van der Waals surface area (Å²) in [5, 5.41) is 10.5. The third-order valence-electron chi connectivity index (χ3n) is 4.50. The van der Waals surface area contributed by atoms with E-state index in [2.05, 4.69) is 9.97 Å². The number of amides is 1. The van der Waals surface area contributed by atoms with E-state index in [1.165, 1.54) is 17.2 Å². The first kappa shape index (κ1) is 21.4. The Morgan fingerprint density at radius 1 is 1.03 bits per heavy atom. The minimum atomic E-state index is -4.58. The summed E-state index contributed by atoms with van der Waals surface area (Å²) in [4.78, 5) is 21.7. The standard InChI is InChI=1S/C22H20F3N3O2/c23-22(24,25)20-11-17(8-10-27-20)12-21(30)28(14-16-5-2-1-3-6-16)15-19(29)18-7-4-9-26-13-18/h1-11,13,19,29H,12,14-15H2. The van der Waals surface area contributed by atoms with Crippen molar-refractivity contribution in [3.8, 4) is 0 Å². The fraction of sp³-hybridized carbons (Fsp3) is 0.227. The zero-order chi connectivity index (χ0) is 21.6. The normalized spacial score (nSPS) is 12.4. The van der Waals surface area contributed by atoms with E-state index < -0.39 is 23.9 Å². The first-order valence-corrected chi connectivity index (χ1v) is 9.25. The number of aliphatic hydroxyl groups is 1. The van der Waals surface area contributed by atoms with E-state index in [4.69, 9.17) is 0 Å². The van der Waals surface area contributed by atoms with Crippen LogP contribution in [0.4, 0.5) is 13.2 Å². The fourth-order valence-corrected chi connectivity index (χ4v) is 2.97. The highest BCUT2D eigenvalue weighted by atomic mass is 19.4. The van der Waals surface area contributed by atoms with Gasteiger partial charge in [0.1, 0.15) is 5.69 Å². The maximum atomic E-state index is 12.9. The highest BCUT2D eigenvalue weighted by molar-refractivity contribution is 5.78. The molecule has 2 heterocycles. The van der Waals surface area contributed by atoms with Gasteiger partial charge in [-0.25, -0.2) is 0 Å². The zero-order valence-corrected chi connectivity index (χ0v) is 16.0. The summed E-state index contributed by atoms with van der Waals surface area (Å²) in [7, 11) is 0. The van der Waals surface area contributed by atoms with Crippen molar-refractivity contribution in [2.45, 2.75) is 25.2 Å².